The van der Waals surface area contributed by atoms with Gasteiger partial charge in [0, 0.05) is 30.1 Å². The summed E-state index contributed by atoms with van der Waals surface area (Å²) in [5.74, 6) is 0.729. The first-order valence-corrected chi connectivity index (χ1v) is 9.84. The molecular weight excluding hydrogens is 372 g/mol. The van der Waals surface area contributed by atoms with E-state index in [0.29, 0.717) is 0 Å². The van der Waals surface area contributed by atoms with E-state index in [9.17, 15) is 4.79 Å². The van der Waals surface area contributed by atoms with Crippen molar-refractivity contribution in [2.24, 2.45) is 7.05 Å². The molecule has 0 atom stereocenters. The number of tetrazole rings is 1. The van der Waals surface area contributed by atoms with E-state index in [2.05, 4.69) is 53.6 Å². The summed E-state index contributed by atoms with van der Waals surface area (Å²) in [6.45, 7) is 4.15. The molecule has 0 amide bonds. The molecule has 8 heteroatoms. The van der Waals surface area contributed by atoms with Crippen LogP contribution in [0.3, 0.4) is 0 Å². The van der Waals surface area contributed by atoms with Gasteiger partial charge in [0.15, 0.2) is 0 Å². The molecule has 0 aliphatic carbocycles. The second-order valence-electron chi connectivity index (χ2n) is 6.56. The molecule has 2 heterocycles. The lowest BCUT2D eigenvalue weighted by molar-refractivity contribution is 0.692. The van der Waals surface area contributed by atoms with Crippen LogP contribution in [0.4, 0.5) is 0 Å². The monoisotopic (exact) mass is 392 g/mol. The number of benzene rings is 2. The van der Waals surface area contributed by atoms with Gasteiger partial charge in [0.25, 0.3) is 0 Å². The van der Waals surface area contributed by atoms with E-state index >= 15 is 0 Å². The first-order chi connectivity index (χ1) is 13.5. The Bertz CT molecular complexity index is 1180. The highest BCUT2D eigenvalue weighted by Gasteiger charge is 2.14. The van der Waals surface area contributed by atoms with E-state index in [1.165, 1.54) is 19.8 Å². The summed E-state index contributed by atoms with van der Waals surface area (Å²) in [5, 5.41) is 12.1. The van der Waals surface area contributed by atoms with Crippen molar-refractivity contribution in [3.8, 4) is 11.4 Å². The fourth-order valence-corrected chi connectivity index (χ4v) is 4.17. The van der Waals surface area contributed by atoms with Crippen molar-refractivity contribution in [2.45, 2.75) is 24.5 Å². The van der Waals surface area contributed by atoms with Gasteiger partial charge < -0.3 is 0 Å². The first-order valence-electron chi connectivity index (χ1n) is 8.86. The van der Waals surface area contributed by atoms with Crippen molar-refractivity contribution >= 4 is 11.8 Å². The van der Waals surface area contributed by atoms with E-state index < -0.39 is 0 Å². The number of hydrogen-bond acceptors (Lipinski definition) is 5. The lowest BCUT2D eigenvalue weighted by Crippen LogP contribution is -2.23. The molecule has 142 valence electrons. The molecule has 0 aliphatic heterocycles. The summed E-state index contributed by atoms with van der Waals surface area (Å²) in [6, 6.07) is 14.1. The zero-order chi connectivity index (χ0) is 19.7. The molecule has 28 heavy (non-hydrogen) atoms. The van der Waals surface area contributed by atoms with Crippen LogP contribution < -0.4 is 5.69 Å². The van der Waals surface area contributed by atoms with Crippen molar-refractivity contribution in [1.82, 2.24) is 29.6 Å². The summed E-state index contributed by atoms with van der Waals surface area (Å²) >= 11 is 1.74. The van der Waals surface area contributed by atoms with Crippen LogP contribution in [0.15, 0.2) is 64.5 Å². The molecule has 7 nitrogen and oxygen atoms in total. The maximum atomic E-state index is 12.3. The third-order valence-corrected chi connectivity index (χ3v) is 5.84. The number of nitrogens with zero attached hydrogens (tertiary/aromatic N) is 6. The third kappa shape index (κ3) is 3.38. The fraction of sp³-hybridized carbons (Fsp3) is 0.200. The zero-order valence-corrected chi connectivity index (χ0v) is 16.7. The average molecular weight is 392 g/mol. The van der Waals surface area contributed by atoms with E-state index in [1.807, 2.05) is 29.1 Å². The van der Waals surface area contributed by atoms with Gasteiger partial charge in [-0.1, -0.05) is 12.1 Å². The number of thioether (sulfide) groups is 1. The second kappa shape index (κ2) is 7.47. The Hall–Kier alpha value is -3.13. The van der Waals surface area contributed by atoms with Gasteiger partial charge in [-0.25, -0.2) is 9.48 Å². The van der Waals surface area contributed by atoms with Crippen LogP contribution >= 0.6 is 11.8 Å². The lowest BCUT2D eigenvalue weighted by atomic mass is 10.1. The zero-order valence-electron chi connectivity index (χ0n) is 15.9. The highest BCUT2D eigenvalue weighted by molar-refractivity contribution is 7.98. The van der Waals surface area contributed by atoms with E-state index in [4.69, 9.17) is 0 Å². The highest BCUT2D eigenvalue weighted by atomic mass is 32.2. The van der Waals surface area contributed by atoms with E-state index in [-0.39, 0.29) is 5.69 Å². The minimum atomic E-state index is -0.253. The van der Waals surface area contributed by atoms with Crippen molar-refractivity contribution in [1.29, 1.82) is 0 Å². The molecule has 0 fully saturated rings. The van der Waals surface area contributed by atoms with Crippen molar-refractivity contribution in [3.05, 3.63) is 82.0 Å². The van der Waals surface area contributed by atoms with Gasteiger partial charge in [0.2, 0.25) is 0 Å². The van der Waals surface area contributed by atoms with Crippen molar-refractivity contribution < 1.29 is 0 Å². The number of hydrogen-bond donors (Lipinski definition) is 0. The number of aromatic nitrogens is 6. The molecule has 0 radical (unpaired) electrons. The van der Waals surface area contributed by atoms with Gasteiger partial charge in [-0.3, -0.25) is 0 Å². The summed E-state index contributed by atoms with van der Waals surface area (Å²) in [5.41, 5.74) is 4.94. The SMILES string of the molecule is Cc1cc(-n2cccn2)ccc1SCc1c(C)cccc1-n1nnn(C)c1=O. The quantitative estimate of drug-likeness (QED) is 0.488. The maximum absolute atomic E-state index is 12.3. The van der Waals surface area contributed by atoms with Crippen LogP contribution in [0, 0.1) is 13.8 Å². The Morgan fingerprint density at radius 1 is 1.04 bits per heavy atom. The van der Waals surface area contributed by atoms with Gasteiger partial charge in [0.05, 0.1) is 11.4 Å². The van der Waals surface area contributed by atoms with Crippen LogP contribution in [0.2, 0.25) is 0 Å². The molecule has 4 aromatic rings. The lowest BCUT2D eigenvalue weighted by Gasteiger charge is -2.13. The Morgan fingerprint density at radius 3 is 2.57 bits per heavy atom. The molecule has 2 aromatic carbocycles. The van der Waals surface area contributed by atoms with Gasteiger partial charge in [0.1, 0.15) is 0 Å². The standard InChI is InChI=1S/C20H20N6OS/c1-14-6-4-7-18(26-20(27)24(3)22-23-26)17(14)13-28-19-9-8-16(12-15(19)2)25-11-5-10-21-25/h4-12H,13H2,1-3H3. The van der Waals surface area contributed by atoms with Gasteiger partial charge in [-0.2, -0.15) is 14.5 Å². The fourth-order valence-electron chi connectivity index (χ4n) is 3.05. The Morgan fingerprint density at radius 2 is 1.89 bits per heavy atom. The Labute approximate surface area is 166 Å². The molecule has 4 rings (SSSR count). The molecule has 0 N–H and O–H groups in total. The van der Waals surface area contributed by atoms with Crippen LogP contribution in [-0.2, 0) is 12.8 Å². The minimum absolute atomic E-state index is 0.253. The average Bonchev–Trinajstić information content (AvgIpc) is 3.33. The van der Waals surface area contributed by atoms with Crippen LogP contribution in [0.25, 0.3) is 11.4 Å². The third-order valence-electron chi connectivity index (χ3n) is 4.63. The summed E-state index contributed by atoms with van der Waals surface area (Å²) in [6.07, 6.45) is 3.70. The van der Waals surface area contributed by atoms with Crippen LogP contribution in [0.1, 0.15) is 16.7 Å². The minimum Gasteiger partial charge on any atom is -0.244 e. The molecule has 0 spiro atoms. The highest BCUT2D eigenvalue weighted by Crippen LogP contribution is 2.30. The largest absolute Gasteiger partial charge is 0.368 e. The van der Waals surface area contributed by atoms with E-state index in [0.717, 1.165) is 28.3 Å². The molecule has 0 aliphatic rings. The van der Waals surface area contributed by atoms with Gasteiger partial charge >= 0.3 is 5.69 Å². The summed E-state index contributed by atoms with van der Waals surface area (Å²) in [4.78, 5) is 13.5. The predicted octanol–water partition coefficient (Wildman–Crippen LogP) is 3.06. The Balaban J connectivity index is 1.62. The topological polar surface area (TPSA) is 70.5 Å². The normalized spacial score (nSPS) is 11.1. The van der Waals surface area contributed by atoms with Gasteiger partial charge in [-0.05, 0) is 71.3 Å². The molecule has 0 unspecified atom stereocenters. The smallest absolute Gasteiger partial charge is 0.244 e. The summed E-state index contributed by atoms with van der Waals surface area (Å²) in [7, 11) is 1.60. The molecule has 0 saturated heterocycles. The number of rotatable bonds is 5. The first kappa shape index (κ1) is 18.2. The molecule has 0 saturated carbocycles. The molecule has 2 aromatic heterocycles. The van der Waals surface area contributed by atoms with Crippen LogP contribution in [0.5, 0.6) is 0 Å². The molecular formula is C20H20N6OS. The Kier molecular flexibility index (Phi) is 4.87. The van der Waals surface area contributed by atoms with Crippen molar-refractivity contribution in [2.75, 3.05) is 0 Å². The van der Waals surface area contributed by atoms with Crippen molar-refractivity contribution in [3.63, 3.8) is 0 Å². The second-order valence-corrected chi connectivity index (χ2v) is 7.58. The van der Waals surface area contributed by atoms with Crippen LogP contribution in [-0.4, -0.2) is 29.6 Å². The number of aryl methyl sites for hydroxylation is 3. The maximum Gasteiger partial charge on any atom is 0.368 e. The summed E-state index contributed by atoms with van der Waals surface area (Å²) < 4.78 is 4.44. The predicted molar refractivity (Wildman–Crippen MR) is 109 cm³/mol. The van der Waals surface area contributed by atoms with E-state index in [1.54, 1.807) is 25.0 Å². The molecule has 0 bridgehead atoms. The van der Waals surface area contributed by atoms with Gasteiger partial charge in [-0.15, -0.1) is 11.8 Å².